The first kappa shape index (κ1) is 23.4. The normalized spacial score (nSPS) is 16.7. The molecule has 0 unspecified atom stereocenters. The second kappa shape index (κ2) is 9.61. The Morgan fingerprint density at radius 3 is 2.64 bits per heavy atom. The first-order valence-corrected chi connectivity index (χ1v) is 12.9. The van der Waals surface area contributed by atoms with Crippen LogP contribution in [0, 0.1) is 12.8 Å². The summed E-state index contributed by atoms with van der Waals surface area (Å²) in [6.45, 7) is 7.28. The highest BCUT2D eigenvalue weighted by Crippen LogP contribution is 2.27. The summed E-state index contributed by atoms with van der Waals surface area (Å²) in [6.07, 6.45) is 1.92. The van der Waals surface area contributed by atoms with Gasteiger partial charge in [0.15, 0.2) is 0 Å². The van der Waals surface area contributed by atoms with Crippen molar-refractivity contribution in [2.24, 2.45) is 5.92 Å². The maximum absolute atomic E-state index is 13.2. The molecule has 1 saturated heterocycles. The third-order valence-electron chi connectivity index (χ3n) is 6.46. The van der Waals surface area contributed by atoms with Gasteiger partial charge in [-0.1, -0.05) is 42.0 Å². The average molecular weight is 470 g/mol. The van der Waals surface area contributed by atoms with E-state index < -0.39 is 10.0 Å². The molecule has 1 amide bonds. The van der Waals surface area contributed by atoms with Crippen molar-refractivity contribution in [1.82, 2.24) is 24.6 Å². The monoisotopic (exact) mass is 469 g/mol. The third kappa shape index (κ3) is 4.94. The zero-order chi connectivity index (χ0) is 23.6. The van der Waals surface area contributed by atoms with Gasteiger partial charge >= 0.3 is 0 Å². The van der Waals surface area contributed by atoms with Crippen molar-refractivity contribution in [3.8, 4) is 0 Å². The number of benzene rings is 2. The average Bonchev–Trinajstić information content (AvgIpc) is 3.25. The Kier molecular flexibility index (Phi) is 6.81. The Labute approximate surface area is 195 Å². The van der Waals surface area contributed by atoms with Crippen molar-refractivity contribution >= 4 is 27.0 Å². The lowest BCUT2D eigenvalue weighted by Crippen LogP contribution is -2.42. The lowest BCUT2D eigenvalue weighted by atomic mass is 9.97. The van der Waals surface area contributed by atoms with E-state index in [0.29, 0.717) is 38.0 Å². The van der Waals surface area contributed by atoms with E-state index in [1.54, 1.807) is 18.2 Å². The highest BCUT2D eigenvalue weighted by molar-refractivity contribution is 7.89. The van der Waals surface area contributed by atoms with E-state index >= 15 is 0 Å². The first-order valence-electron chi connectivity index (χ1n) is 11.5. The minimum atomic E-state index is -3.65. The first-order chi connectivity index (χ1) is 15.8. The summed E-state index contributed by atoms with van der Waals surface area (Å²) in [5.74, 6) is -0.198. The van der Waals surface area contributed by atoms with Gasteiger partial charge in [-0.2, -0.15) is 4.31 Å². The van der Waals surface area contributed by atoms with Gasteiger partial charge in [-0.25, -0.2) is 13.1 Å². The Hall–Kier alpha value is -2.78. The number of rotatable bonds is 7. The number of sulfonamides is 1. The molecule has 9 heteroatoms. The summed E-state index contributed by atoms with van der Waals surface area (Å²) in [5, 5.41) is 11.4. The Bertz CT molecular complexity index is 1250. The van der Waals surface area contributed by atoms with Gasteiger partial charge in [-0.05, 0) is 56.9 Å². The van der Waals surface area contributed by atoms with E-state index in [0.717, 1.165) is 23.1 Å². The van der Waals surface area contributed by atoms with Gasteiger partial charge in [0.2, 0.25) is 15.9 Å². The van der Waals surface area contributed by atoms with Crippen LogP contribution in [0.15, 0.2) is 47.4 Å². The lowest BCUT2D eigenvalue weighted by Gasteiger charge is -2.30. The van der Waals surface area contributed by atoms with Gasteiger partial charge < -0.3 is 5.32 Å². The van der Waals surface area contributed by atoms with Gasteiger partial charge in [0, 0.05) is 25.6 Å². The third-order valence-corrected chi connectivity index (χ3v) is 8.36. The number of nitrogens with zero attached hydrogens (tertiary/aromatic N) is 4. The highest BCUT2D eigenvalue weighted by atomic mass is 32.2. The number of aryl methyl sites for hydroxylation is 1. The van der Waals surface area contributed by atoms with E-state index in [4.69, 9.17) is 0 Å². The zero-order valence-electron chi connectivity index (χ0n) is 19.4. The van der Waals surface area contributed by atoms with E-state index in [-0.39, 0.29) is 22.8 Å². The number of carbonyl (C=O) groups is 1. The SMILES string of the molecule is CC[C@H](C)n1nnc2cc(S(=O)(=O)N3CCC(C(=O)NCc4cccc(C)c4)CC3)ccc21. The summed E-state index contributed by atoms with van der Waals surface area (Å²) < 4.78 is 29.7. The van der Waals surface area contributed by atoms with Gasteiger partial charge in [-0.15, -0.1) is 5.10 Å². The van der Waals surface area contributed by atoms with E-state index in [2.05, 4.69) is 29.5 Å². The van der Waals surface area contributed by atoms with Gasteiger partial charge in [0.1, 0.15) is 5.52 Å². The van der Waals surface area contributed by atoms with Crippen LogP contribution >= 0.6 is 0 Å². The maximum atomic E-state index is 13.2. The second-order valence-electron chi connectivity index (χ2n) is 8.83. The van der Waals surface area contributed by atoms with Crippen LogP contribution < -0.4 is 5.32 Å². The second-order valence-corrected chi connectivity index (χ2v) is 10.8. The van der Waals surface area contributed by atoms with Crippen LogP contribution in [0.2, 0.25) is 0 Å². The van der Waals surface area contributed by atoms with Crippen LogP contribution in [0.3, 0.4) is 0 Å². The van der Waals surface area contributed by atoms with Crippen LogP contribution in [-0.4, -0.2) is 46.7 Å². The van der Waals surface area contributed by atoms with Crippen molar-refractivity contribution in [1.29, 1.82) is 0 Å². The van der Waals surface area contributed by atoms with Crippen LogP contribution in [0.1, 0.15) is 50.3 Å². The summed E-state index contributed by atoms with van der Waals surface area (Å²) in [7, 11) is -3.65. The molecule has 0 aliphatic carbocycles. The quantitative estimate of drug-likeness (QED) is 0.572. The Balaban J connectivity index is 1.39. The minimum absolute atomic E-state index is 0.0170. The van der Waals surface area contributed by atoms with Crippen molar-refractivity contribution in [2.45, 2.75) is 57.5 Å². The zero-order valence-corrected chi connectivity index (χ0v) is 20.2. The molecule has 0 spiro atoms. The number of aromatic nitrogens is 3. The smallest absolute Gasteiger partial charge is 0.243 e. The number of carbonyl (C=O) groups excluding carboxylic acids is 1. The summed E-state index contributed by atoms with van der Waals surface area (Å²) in [4.78, 5) is 12.8. The van der Waals surface area contributed by atoms with Crippen molar-refractivity contribution in [3.05, 3.63) is 53.6 Å². The van der Waals surface area contributed by atoms with E-state index in [1.165, 1.54) is 4.31 Å². The molecular formula is C24H31N5O3S. The lowest BCUT2D eigenvalue weighted by molar-refractivity contribution is -0.126. The summed E-state index contributed by atoms with van der Waals surface area (Å²) >= 11 is 0. The predicted octanol–water partition coefficient (Wildman–Crippen LogP) is 3.43. The topological polar surface area (TPSA) is 97.2 Å². The van der Waals surface area contributed by atoms with Crippen LogP contribution in [0.25, 0.3) is 11.0 Å². The molecule has 33 heavy (non-hydrogen) atoms. The number of piperidine rings is 1. The predicted molar refractivity (Wildman–Crippen MR) is 127 cm³/mol. The number of hydrogen-bond acceptors (Lipinski definition) is 5. The van der Waals surface area contributed by atoms with Crippen molar-refractivity contribution in [3.63, 3.8) is 0 Å². The molecule has 0 saturated carbocycles. The molecule has 1 atom stereocenters. The molecule has 176 valence electrons. The van der Waals surface area contributed by atoms with Crippen LogP contribution in [0.4, 0.5) is 0 Å². The summed E-state index contributed by atoms with van der Waals surface area (Å²) in [6, 6.07) is 13.2. The summed E-state index contributed by atoms with van der Waals surface area (Å²) in [5.41, 5.74) is 3.61. The van der Waals surface area contributed by atoms with Crippen molar-refractivity contribution < 1.29 is 13.2 Å². The largest absolute Gasteiger partial charge is 0.352 e. The highest BCUT2D eigenvalue weighted by Gasteiger charge is 2.32. The minimum Gasteiger partial charge on any atom is -0.352 e. The maximum Gasteiger partial charge on any atom is 0.243 e. The Morgan fingerprint density at radius 2 is 1.94 bits per heavy atom. The van der Waals surface area contributed by atoms with Crippen molar-refractivity contribution in [2.75, 3.05) is 13.1 Å². The molecule has 8 nitrogen and oxygen atoms in total. The molecule has 3 aromatic rings. The fourth-order valence-corrected chi connectivity index (χ4v) is 5.73. The molecule has 1 aliphatic heterocycles. The van der Waals surface area contributed by atoms with Crippen LogP contribution in [0.5, 0.6) is 0 Å². The number of fused-ring (bicyclic) bond motifs is 1. The van der Waals surface area contributed by atoms with E-state index in [1.807, 2.05) is 35.9 Å². The molecule has 4 rings (SSSR count). The number of nitrogens with one attached hydrogen (secondary N) is 1. The van der Waals surface area contributed by atoms with Gasteiger partial charge in [0.25, 0.3) is 0 Å². The van der Waals surface area contributed by atoms with Crippen LogP contribution in [-0.2, 0) is 21.4 Å². The molecular weight excluding hydrogens is 438 g/mol. The molecule has 0 bridgehead atoms. The molecule has 1 N–H and O–H groups in total. The Morgan fingerprint density at radius 1 is 1.18 bits per heavy atom. The fraction of sp³-hybridized carbons (Fsp3) is 0.458. The molecule has 2 aromatic carbocycles. The van der Waals surface area contributed by atoms with Gasteiger partial charge in [0.05, 0.1) is 16.5 Å². The number of amides is 1. The molecule has 1 aliphatic rings. The molecule has 0 radical (unpaired) electrons. The molecule has 1 fully saturated rings. The van der Waals surface area contributed by atoms with E-state index in [9.17, 15) is 13.2 Å². The fourth-order valence-electron chi connectivity index (χ4n) is 4.24. The molecule has 2 heterocycles. The number of hydrogen-bond donors (Lipinski definition) is 1. The van der Waals surface area contributed by atoms with Gasteiger partial charge in [-0.3, -0.25) is 4.79 Å². The standard InChI is InChI=1S/C24H31N5O3S/c1-4-18(3)29-23-9-8-21(15-22(23)26-27-29)33(31,32)28-12-10-20(11-13-28)24(30)25-16-19-7-5-6-17(2)14-19/h5-9,14-15,18,20H,4,10-13,16H2,1-3H3,(H,25,30)/t18-/m0/s1. The molecule has 1 aromatic heterocycles.